The van der Waals surface area contributed by atoms with Gasteiger partial charge < -0.3 is 9.64 Å². The van der Waals surface area contributed by atoms with Crippen LogP contribution in [-0.4, -0.2) is 40.8 Å². The molecule has 1 aliphatic rings. The van der Waals surface area contributed by atoms with E-state index in [0.29, 0.717) is 10.7 Å². The van der Waals surface area contributed by atoms with E-state index in [9.17, 15) is 4.79 Å². The van der Waals surface area contributed by atoms with E-state index >= 15 is 0 Å². The number of nitrogens with zero attached hydrogens (tertiary/aromatic N) is 3. The first kappa shape index (κ1) is 17.6. The second-order valence-corrected chi connectivity index (χ2v) is 6.97. The van der Waals surface area contributed by atoms with Gasteiger partial charge in [-0.25, -0.2) is 4.68 Å². The quantitative estimate of drug-likeness (QED) is 0.671. The predicted octanol–water partition coefficient (Wildman–Crippen LogP) is 4.44. The van der Waals surface area contributed by atoms with Crippen LogP contribution in [0.4, 0.5) is 0 Å². The van der Waals surface area contributed by atoms with Crippen LogP contribution in [0.25, 0.3) is 16.9 Å². The van der Waals surface area contributed by atoms with Gasteiger partial charge in [-0.05, 0) is 49.2 Å². The Kier molecular flexibility index (Phi) is 4.86. The van der Waals surface area contributed by atoms with Gasteiger partial charge in [0.1, 0.15) is 11.4 Å². The van der Waals surface area contributed by atoms with Crippen LogP contribution in [0.5, 0.6) is 5.75 Å². The maximum absolute atomic E-state index is 13.1. The molecule has 0 aliphatic carbocycles. The average Bonchev–Trinajstić information content (AvgIpc) is 3.38. The van der Waals surface area contributed by atoms with Crippen molar-refractivity contribution in [3.8, 4) is 22.7 Å². The van der Waals surface area contributed by atoms with E-state index in [2.05, 4.69) is 0 Å². The Bertz CT molecular complexity index is 977. The molecule has 0 radical (unpaired) electrons. The molecule has 138 valence electrons. The number of rotatable bonds is 4. The summed E-state index contributed by atoms with van der Waals surface area (Å²) in [7, 11) is 1.63. The third kappa shape index (κ3) is 3.55. The van der Waals surface area contributed by atoms with E-state index in [0.717, 1.165) is 48.6 Å². The Balaban J connectivity index is 1.82. The molecule has 1 amide bonds. The number of methoxy groups -OCH3 is 1. The van der Waals surface area contributed by atoms with Crippen molar-refractivity contribution in [1.82, 2.24) is 14.7 Å². The Morgan fingerprint density at radius 2 is 1.85 bits per heavy atom. The molecular formula is C21H20ClN3O2. The first-order valence-electron chi connectivity index (χ1n) is 8.95. The highest BCUT2D eigenvalue weighted by atomic mass is 35.5. The number of hydrogen-bond acceptors (Lipinski definition) is 3. The predicted molar refractivity (Wildman–Crippen MR) is 106 cm³/mol. The van der Waals surface area contributed by atoms with E-state index in [1.165, 1.54) is 0 Å². The Labute approximate surface area is 163 Å². The lowest BCUT2D eigenvalue weighted by Crippen LogP contribution is -2.29. The minimum atomic E-state index is -0.00544. The maximum Gasteiger partial charge on any atom is 0.272 e. The summed E-state index contributed by atoms with van der Waals surface area (Å²) in [4.78, 5) is 15.0. The molecule has 0 bridgehead atoms. The Morgan fingerprint density at radius 3 is 2.59 bits per heavy atom. The number of amides is 1. The Hall–Kier alpha value is -2.79. The van der Waals surface area contributed by atoms with Gasteiger partial charge in [0.15, 0.2) is 0 Å². The molecule has 1 aromatic heterocycles. The standard InChI is InChI=1S/C21H20ClN3O2/c1-27-18-9-4-6-15(12-18)19-14-20(21(26)24-10-2-3-11-24)25(23-19)17-8-5-7-16(22)13-17/h4-9,12-14H,2-3,10-11H2,1H3. The third-order valence-electron chi connectivity index (χ3n) is 4.74. The summed E-state index contributed by atoms with van der Waals surface area (Å²) in [5, 5.41) is 5.32. The molecular weight excluding hydrogens is 362 g/mol. The molecule has 4 rings (SSSR count). The SMILES string of the molecule is COc1cccc(-c2cc(C(=O)N3CCCC3)n(-c3cccc(Cl)c3)n2)c1. The first-order chi connectivity index (χ1) is 13.2. The number of carbonyl (C=O) groups is 1. The van der Waals surface area contributed by atoms with E-state index in [4.69, 9.17) is 21.4 Å². The van der Waals surface area contributed by atoms with Crippen molar-refractivity contribution in [2.24, 2.45) is 0 Å². The number of likely N-dealkylation sites (tertiary alicyclic amines) is 1. The topological polar surface area (TPSA) is 47.4 Å². The number of carbonyl (C=O) groups excluding carboxylic acids is 1. The number of ether oxygens (including phenoxy) is 1. The van der Waals surface area contributed by atoms with Gasteiger partial charge in [0.05, 0.1) is 18.5 Å². The zero-order chi connectivity index (χ0) is 18.8. The molecule has 6 heteroatoms. The summed E-state index contributed by atoms with van der Waals surface area (Å²) in [6, 6.07) is 16.9. The molecule has 1 saturated heterocycles. The molecule has 0 saturated carbocycles. The lowest BCUT2D eigenvalue weighted by atomic mass is 10.1. The molecule has 27 heavy (non-hydrogen) atoms. The van der Waals surface area contributed by atoms with Crippen molar-refractivity contribution < 1.29 is 9.53 Å². The summed E-state index contributed by atoms with van der Waals surface area (Å²) in [6.07, 6.45) is 2.08. The van der Waals surface area contributed by atoms with Gasteiger partial charge >= 0.3 is 0 Å². The largest absolute Gasteiger partial charge is 0.497 e. The van der Waals surface area contributed by atoms with Crippen LogP contribution in [0.3, 0.4) is 0 Å². The van der Waals surface area contributed by atoms with Gasteiger partial charge in [0.25, 0.3) is 5.91 Å². The number of benzene rings is 2. The summed E-state index contributed by atoms with van der Waals surface area (Å²) >= 11 is 6.16. The zero-order valence-corrected chi connectivity index (χ0v) is 15.8. The minimum absolute atomic E-state index is 0.00544. The molecule has 0 spiro atoms. The summed E-state index contributed by atoms with van der Waals surface area (Å²) in [5.74, 6) is 0.742. The zero-order valence-electron chi connectivity index (χ0n) is 15.1. The van der Waals surface area contributed by atoms with Gasteiger partial charge in [0.2, 0.25) is 0 Å². The molecule has 5 nitrogen and oxygen atoms in total. The molecule has 0 atom stereocenters. The smallest absolute Gasteiger partial charge is 0.272 e. The van der Waals surface area contributed by atoms with Gasteiger partial charge in [-0.2, -0.15) is 5.10 Å². The average molecular weight is 382 g/mol. The summed E-state index contributed by atoms with van der Waals surface area (Å²) < 4.78 is 7.00. The lowest BCUT2D eigenvalue weighted by Gasteiger charge is -2.16. The summed E-state index contributed by atoms with van der Waals surface area (Å²) in [6.45, 7) is 1.57. The highest BCUT2D eigenvalue weighted by Gasteiger charge is 2.25. The number of hydrogen-bond donors (Lipinski definition) is 0. The van der Waals surface area contributed by atoms with Gasteiger partial charge in [0, 0.05) is 23.7 Å². The van der Waals surface area contributed by atoms with Gasteiger partial charge in [-0.1, -0.05) is 29.8 Å². The fraction of sp³-hybridized carbons (Fsp3) is 0.238. The van der Waals surface area contributed by atoms with Crippen LogP contribution in [0, 0.1) is 0 Å². The fourth-order valence-corrected chi connectivity index (χ4v) is 3.53. The van der Waals surface area contributed by atoms with Crippen molar-refractivity contribution in [2.45, 2.75) is 12.8 Å². The normalized spacial score (nSPS) is 13.8. The second-order valence-electron chi connectivity index (χ2n) is 6.54. The molecule has 1 fully saturated rings. The second kappa shape index (κ2) is 7.45. The van der Waals surface area contributed by atoms with Crippen molar-refractivity contribution in [2.75, 3.05) is 20.2 Å². The molecule has 2 aromatic carbocycles. The van der Waals surface area contributed by atoms with Crippen LogP contribution in [0.15, 0.2) is 54.6 Å². The minimum Gasteiger partial charge on any atom is -0.497 e. The lowest BCUT2D eigenvalue weighted by molar-refractivity contribution is 0.0784. The molecule has 3 aromatic rings. The maximum atomic E-state index is 13.1. The van der Waals surface area contributed by atoms with Crippen LogP contribution in [-0.2, 0) is 0 Å². The molecule has 2 heterocycles. The van der Waals surface area contributed by atoms with Crippen LogP contribution in [0.1, 0.15) is 23.3 Å². The van der Waals surface area contributed by atoms with Crippen molar-refractivity contribution >= 4 is 17.5 Å². The van der Waals surface area contributed by atoms with Crippen LogP contribution >= 0.6 is 11.6 Å². The van der Waals surface area contributed by atoms with Crippen molar-refractivity contribution in [3.63, 3.8) is 0 Å². The highest BCUT2D eigenvalue weighted by molar-refractivity contribution is 6.30. The van der Waals surface area contributed by atoms with Crippen LogP contribution < -0.4 is 4.74 Å². The summed E-state index contributed by atoms with van der Waals surface area (Å²) in [5.41, 5.74) is 2.92. The fourth-order valence-electron chi connectivity index (χ4n) is 3.34. The third-order valence-corrected chi connectivity index (χ3v) is 4.98. The molecule has 0 unspecified atom stereocenters. The van der Waals surface area contributed by atoms with Crippen LogP contribution in [0.2, 0.25) is 5.02 Å². The van der Waals surface area contributed by atoms with Crippen molar-refractivity contribution in [3.05, 3.63) is 65.3 Å². The van der Waals surface area contributed by atoms with E-state index in [1.807, 2.05) is 53.4 Å². The first-order valence-corrected chi connectivity index (χ1v) is 9.33. The number of halogens is 1. The number of aromatic nitrogens is 2. The highest BCUT2D eigenvalue weighted by Crippen LogP contribution is 2.27. The van der Waals surface area contributed by atoms with E-state index in [1.54, 1.807) is 17.9 Å². The Morgan fingerprint density at radius 1 is 1.07 bits per heavy atom. The van der Waals surface area contributed by atoms with E-state index in [-0.39, 0.29) is 5.91 Å². The van der Waals surface area contributed by atoms with E-state index < -0.39 is 0 Å². The van der Waals surface area contributed by atoms with Gasteiger partial charge in [-0.15, -0.1) is 0 Å². The molecule has 1 aliphatic heterocycles. The van der Waals surface area contributed by atoms with Crippen molar-refractivity contribution in [1.29, 1.82) is 0 Å². The molecule has 0 N–H and O–H groups in total. The monoisotopic (exact) mass is 381 g/mol. The van der Waals surface area contributed by atoms with Gasteiger partial charge in [-0.3, -0.25) is 4.79 Å².